The molecule has 258 valence electrons. The van der Waals surface area contributed by atoms with Gasteiger partial charge in [0.1, 0.15) is 34.8 Å². The van der Waals surface area contributed by atoms with E-state index in [9.17, 15) is 22.8 Å². The van der Waals surface area contributed by atoms with Crippen molar-refractivity contribution < 1.29 is 36.2 Å². The molecule has 4 aromatic rings. The summed E-state index contributed by atoms with van der Waals surface area (Å²) in [5.41, 5.74) is 1.48. The first-order valence-corrected chi connectivity index (χ1v) is 16.9. The minimum absolute atomic E-state index is 0.0871. The Bertz CT molecular complexity index is 2060. The predicted molar refractivity (Wildman–Crippen MR) is 173 cm³/mol. The molecular formula is C34H33F5N6O3S. The lowest BCUT2D eigenvalue weighted by Crippen LogP contribution is -2.52. The topological polar surface area (TPSA) is 119 Å². The van der Waals surface area contributed by atoms with Crippen LogP contribution in [0.2, 0.25) is 0 Å². The summed E-state index contributed by atoms with van der Waals surface area (Å²) in [7, 11) is 1.62. The molecule has 0 spiro atoms. The van der Waals surface area contributed by atoms with Gasteiger partial charge in [-0.1, -0.05) is 6.07 Å². The van der Waals surface area contributed by atoms with Crippen molar-refractivity contribution >= 4 is 43.1 Å². The summed E-state index contributed by atoms with van der Waals surface area (Å²) in [5.74, 6) is -1.94. The molecule has 5 fully saturated rings. The molecule has 3 N–H and O–H groups in total. The van der Waals surface area contributed by atoms with Gasteiger partial charge in [-0.3, -0.25) is 0 Å². The van der Waals surface area contributed by atoms with Crippen LogP contribution in [0.1, 0.15) is 50.7 Å². The third-order valence-electron chi connectivity index (χ3n) is 10.9. The van der Waals surface area contributed by atoms with Crippen molar-refractivity contribution in [1.29, 1.82) is 5.26 Å². The van der Waals surface area contributed by atoms with Crippen LogP contribution in [0.5, 0.6) is 6.01 Å². The van der Waals surface area contributed by atoms with E-state index in [4.69, 9.17) is 19.9 Å². The van der Waals surface area contributed by atoms with Gasteiger partial charge in [0.25, 0.3) is 0 Å². The quantitative estimate of drug-likeness (QED) is 0.207. The molecule has 4 aliphatic heterocycles. The number of nitrogens with zero attached hydrogens (tertiary/aromatic N) is 4. The van der Waals surface area contributed by atoms with Crippen molar-refractivity contribution in [1.82, 2.24) is 15.3 Å². The molecule has 49 heavy (non-hydrogen) atoms. The van der Waals surface area contributed by atoms with Crippen LogP contribution in [0.3, 0.4) is 0 Å². The van der Waals surface area contributed by atoms with Crippen LogP contribution in [-0.2, 0) is 15.7 Å². The first kappa shape index (κ1) is 32.4. The van der Waals surface area contributed by atoms with Gasteiger partial charge in [-0.25, -0.2) is 8.78 Å². The van der Waals surface area contributed by atoms with Crippen LogP contribution in [0, 0.1) is 28.4 Å². The smallest absolute Gasteiger partial charge is 0.417 e. The average Bonchev–Trinajstić information content (AvgIpc) is 3.68. The Hall–Kier alpha value is -3.84. The van der Waals surface area contributed by atoms with Gasteiger partial charge >= 0.3 is 12.2 Å². The van der Waals surface area contributed by atoms with Gasteiger partial charge < -0.3 is 30.2 Å². The fourth-order valence-corrected chi connectivity index (χ4v) is 9.61. The zero-order valence-corrected chi connectivity index (χ0v) is 27.7. The van der Waals surface area contributed by atoms with Gasteiger partial charge in [-0.15, -0.1) is 11.3 Å². The maximum absolute atomic E-state index is 17.1. The number of hydrogen-bond acceptors (Lipinski definition) is 10. The van der Waals surface area contributed by atoms with Crippen molar-refractivity contribution in [3.05, 3.63) is 41.0 Å². The highest BCUT2D eigenvalue weighted by atomic mass is 32.1. The van der Waals surface area contributed by atoms with E-state index in [-0.39, 0.29) is 67.6 Å². The molecule has 2 atom stereocenters. The lowest BCUT2D eigenvalue weighted by molar-refractivity contribution is -0.137. The third kappa shape index (κ3) is 4.85. The fourth-order valence-electron chi connectivity index (χ4n) is 8.66. The number of hydrogen-bond donors (Lipinski definition) is 2. The molecule has 9 nitrogen and oxygen atoms in total. The molecule has 1 aliphatic carbocycles. The number of aromatic nitrogens is 2. The van der Waals surface area contributed by atoms with E-state index in [0.717, 1.165) is 31.0 Å². The van der Waals surface area contributed by atoms with Crippen molar-refractivity contribution in [3.8, 4) is 23.2 Å². The Balaban J connectivity index is 1.32. The summed E-state index contributed by atoms with van der Waals surface area (Å²) in [6.45, 7) is 5.42. The maximum Gasteiger partial charge on any atom is 0.417 e. The molecule has 4 saturated heterocycles. The number of thiophene rings is 1. The fraction of sp³-hybridized carbons (Fsp3) is 0.500. The minimum atomic E-state index is -5.04. The van der Waals surface area contributed by atoms with Gasteiger partial charge in [-0.2, -0.15) is 28.4 Å². The highest BCUT2D eigenvalue weighted by Gasteiger charge is 2.71. The van der Waals surface area contributed by atoms with Gasteiger partial charge in [0.05, 0.1) is 33.6 Å². The van der Waals surface area contributed by atoms with E-state index in [0.29, 0.717) is 43.9 Å². The Morgan fingerprint density at radius 1 is 1.14 bits per heavy atom. The zero-order valence-electron chi connectivity index (χ0n) is 26.9. The minimum Gasteiger partial charge on any atom is -0.463 e. The van der Waals surface area contributed by atoms with Crippen molar-refractivity contribution in [2.75, 3.05) is 44.0 Å². The van der Waals surface area contributed by atoms with Crippen LogP contribution < -0.4 is 20.7 Å². The second-order valence-corrected chi connectivity index (χ2v) is 15.3. The van der Waals surface area contributed by atoms with Gasteiger partial charge in [0, 0.05) is 54.0 Å². The number of fused-ring (bicyclic) bond motifs is 5. The van der Waals surface area contributed by atoms with Gasteiger partial charge in [0.2, 0.25) is 0 Å². The molecule has 2 aromatic heterocycles. The lowest BCUT2D eigenvalue weighted by atomic mass is 9.57. The molecule has 9 rings (SSSR count). The molecule has 5 aliphatic rings. The normalized spacial score (nSPS) is 27.1. The lowest BCUT2D eigenvalue weighted by Gasteiger charge is -2.45. The number of ether oxygens (including phenoxy) is 3. The van der Waals surface area contributed by atoms with E-state index < -0.39 is 45.6 Å². The molecule has 4 bridgehead atoms. The first-order chi connectivity index (χ1) is 23.2. The largest absolute Gasteiger partial charge is 0.463 e. The summed E-state index contributed by atoms with van der Waals surface area (Å²) in [6, 6.07) is 4.71. The summed E-state index contributed by atoms with van der Waals surface area (Å²) in [4.78, 5) is 10.9. The molecule has 15 heteroatoms. The van der Waals surface area contributed by atoms with Crippen LogP contribution in [0.4, 0.5) is 32.8 Å². The SMILES string of the molecule is COCC12CC(COc3nc(N4CC5CCC(C4)N5)c4cc(C(F)(F)F)c(-c5ccc(F)c6sc(N)c(C#N)c56)c(F)c4n3)(C1)C(C)(C)O2. The third-order valence-corrected chi connectivity index (χ3v) is 11.9. The number of alkyl halides is 3. The van der Waals surface area contributed by atoms with Crippen LogP contribution >= 0.6 is 11.3 Å². The summed E-state index contributed by atoms with van der Waals surface area (Å²) < 4.78 is 94.7. The van der Waals surface area contributed by atoms with Crippen molar-refractivity contribution in [2.24, 2.45) is 5.41 Å². The molecule has 2 unspecified atom stereocenters. The second-order valence-electron chi connectivity index (χ2n) is 14.3. The van der Waals surface area contributed by atoms with Crippen molar-refractivity contribution in [2.45, 2.75) is 69.0 Å². The first-order valence-electron chi connectivity index (χ1n) is 16.0. The number of piperazine rings is 1. The van der Waals surface area contributed by atoms with Crippen LogP contribution in [-0.4, -0.2) is 66.7 Å². The number of nitrogen functional groups attached to an aromatic ring is 1. The second kappa shape index (κ2) is 10.8. The van der Waals surface area contributed by atoms with E-state index in [1.807, 2.05) is 24.8 Å². The van der Waals surface area contributed by atoms with E-state index in [1.165, 1.54) is 0 Å². The summed E-state index contributed by atoms with van der Waals surface area (Å²) in [6.07, 6.45) is -1.91. The van der Waals surface area contributed by atoms with Gasteiger partial charge in [0.15, 0.2) is 5.82 Å². The van der Waals surface area contributed by atoms with Gasteiger partial charge in [-0.05, 0) is 57.2 Å². The number of rotatable bonds is 7. The number of anilines is 2. The molecule has 1 saturated carbocycles. The summed E-state index contributed by atoms with van der Waals surface area (Å²) >= 11 is 0.716. The van der Waals surface area contributed by atoms with Crippen LogP contribution in [0.15, 0.2) is 18.2 Å². The predicted octanol–water partition coefficient (Wildman–Crippen LogP) is 6.56. The zero-order chi connectivity index (χ0) is 34.7. The van der Waals surface area contributed by atoms with E-state index in [2.05, 4.69) is 15.3 Å². The maximum atomic E-state index is 17.1. The van der Waals surface area contributed by atoms with E-state index >= 15 is 4.39 Å². The Morgan fingerprint density at radius 2 is 1.86 bits per heavy atom. The number of methoxy groups -OCH3 is 1. The standard InChI is InChI=1S/C34H33F5N6O3S/c1-31(2)32(12-33(13-32,48-31)15-46-3)14-47-30-43-26-19(29(44-30)45-10-16-4-5-17(11-45)42-16)8-21(34(37,38)39)24(25(26)36)18-6-7-22(35)27-23(18)20(9-40)28(41)49-27/h6-8,16-17,42H,4-5,10-15,41H2,1-3H3. The average molecular weight is 701 g/mol. The summed E-state index contributed by atoms with van der Waals surface area (Å²) in [5, 5.41) is 12.9. The number of nitriles is 1. The number of nitrogens with two attached hydrogens (primary N) is 1. The molecule has 6 heterocycles. The highest BCUT2D eigenvalue weighted by molar-refractivity contribution is 7.23. The van der Waals surface area contributed by atoms with Crippen LogP contribution in [0.25, 0.3) is 32.1 Å². The molecular weight excluding hydrogens is 667 g/mol. The number of halogens is 5. The van der Waals surface area contributed by atoms with E-state index in [1.54, 1.807) is 7.11 Å². The highest BCUT2D eigenvalue weighted by Crippen LogP contribution is 2.66. The Morgan fingerprint density at radius 3 is 2.51 bits per heavy atom. The number of nitrogens with one attached hydrogen (secondary N) is 1. The number of benzene rings is 2. The molecule has 0 radical (unpaired) electrons. The van der Waals surface area contributed by atoms with Crippen molar-refractivity contribution in [3.63, 3.8) is 0 Å². The molecule has 2 aromatic carbocycles. The Labute approximate surface area is 282 Å². The monoisotopic (exact) mass is 700 g/mol. The molecule has 0 amide bonds. The Kier molecular flexibility index (Phi) is 7.15.